The first kappa shape index (κ1) is 27.5. The Kier molecular flexibility index (Phi) is 9.56. The van der Waals surface area contributed by atoms with E-state index in [2.05, 4.69) is 120 Å². The molecule has 0 amide bonds. The molecule has 0 bridgehead atoms. The van der Waals surface area contributed by atoms with Gasteiger partial charge in [0.15, 0.2) is 0 Å². The molecule has 2 aromatic rings. The molecular formula is C26H29Cl3Ti. The second kappa shape index (κ2) is 10.4. The van der Waals surface area contributed by atoms with E-state index in [-0.39, 0.29) is 51.8 Å². The zero-order valence-electron chi connectivity index (χ0n) is 17.8. The number of benzene rings is 2. The van der Waals surface area contributed by atoms with Gasteiger partial charge in [-0.3, -0.25) is 0 Å². The molecular weight excluding hydrogens is 467 g/mol. The van der Waals surface area contributed by atoms with Gasteiger partial charge in [-0.15, -0.1) is 0 Å². The Labute approximate surface area is 212 Å². The van der Waals surface area contributed by atoms with Crippen molar-refractivity contribution >= 4 is 0 Å². The second-order valence-electron chi connectivity index (χ2n) is 9.16. The molecule has 2 aliphatic carbocycles. The van der Waals surface area contributed by atoms with Crippen LogP contribution >= 0.6 is 0 Å². The molecule has 2 aliphatic rings. The molecule has 0 radical (unpaired) electrons. The van der Waals surface area contributed by atoms with Gasteiger partial charge in [-0.05, 0) is 0 Å². The number of hydrogen-bond acceptors (Lipinski definition) is 0. The summed E-state index contributed by atoms with van der Waals surface area (Å²) < 4.78 is 0.101. The first-order valence-corrected chi connectivity index (χ1v) is 10.9. The van der Waals surface area contributed by atoms with Crippen LogP contribution in [0.4, 0.5) is 0 Å². The molecule has 0 spiro atoms. The van der Waals surface area contributed by atoms with E-state index in [1.165, 1.54) is 30.4 Å². The van der Waals surface area contributed by atoms with E-state index in [1.54, 1.807) is 5.57 Å². The topological polar surface area (TPSA) is 0 Å². The largest absolute Gasteiger partial charge is 1.00 e. The number of halogens is 3. The maximum atomic E-state index is 2.54. The normalized spacial score (nSPS) is 22.7. The van der Waals surface area contributed by atoms with Gasteiger partial charge in [-0.2, -0.15) is 0 Å². The van der Waals surface area contributed by atoms with Crippen molar-refractivity contribution in [2.24, 2.45) is 11.3 Å². The Morgan fingerprint density at radius 2 is 1.33 bits per heavy atom. The molecule has 2 atom stereocenters. The predicted octanol–water partition coefficient (Wildman–Crippen LogP) is -1.97. The summed E-state index contributed by atoms with van der Waals surface area (Å²) in [6.45, 7) is 7.31. The van der Waals surface area contributed by atoms with Crippen molar-refractivity contribution in [3.8, 4) is 0 Å². The van der Waals surface area contributed by atoms with E-state index in [0.29, 0.717) is 5.92 Å². The van der Waals surface area contributed by atoms with Gasteiger partial charge in [0, 0.05) is 0 Å². The third kappa shape index (κ3) is 4.12. The van der Waals surface area contributed by atoms with Crippen LogP contribution in [0.3, 0.4) is 0 Å². The molecule has 1 saturated carbocycles. The smallest absolute Gasteiger partial charge is 1.00 e. The van der Waals surface area contributed by atoms with Crippen LogP contribution in [0.25, 0.3) is 0 Å². The summed E-state index contributed by atoms with van der Waals surface area (Å²) in [6, 6.07) is 22.6. The van der Waals surface area contributed by atoms with Crippen LogP contribution in [-0.4, -0.2) is 0 Å². The molecule has 0 N–H and O–H groups in total. The van der Waals surface area contributed by atoms with Gasteiger partial charge >= 0.3 is 177 Å². The quantitative estimate of drug-likeness (QED) is 0.434. The van der Waals surface area contributed by atoms with Gasteiger partial charge in [-0.1, -0.05) is 0 Å². The van der Waals surface area contributed by atoms with E-state index < -0.39 is 0 Å². The Morgan fingerprint density at radius 1 is 0.833 bits per heavy atom. The monoisotopic (exact) mass is 494 g/mol. The Morgan fingerprint density at radius 3 is 1.80 bits per heavy atom. The molecule has 0 aliphatic heterocycles. The van der Waals surface area contributed by atoms with Crippen molar-refractivity contribution in [2.45, 2.75) is 49.2 Å². The third-order valence-electron chi connectivity index (χ3n) is 6.81. The van der Waals surface area contributed by atoms with Crippen molar-refractivity contribution in [2.75, 3.05) is 0 Å². The van der Waals surface area contributed by atoms with Crippen LogP contribution in [0, 0.1) is 11.3 Å². The standard InChI is InChI=1S/C26H29.3ClH.Ti/c1-25(2,3)26(21-13-6-4-7-14-21,22-15-8-5-9-16-22)24-19-18-20-12-10-11-17-23(20)24;;;;/h4-11,13-17,20H,12,18-19H2,1-3H3;3*1H;/q;;;;+3/p-3. The number of allylic oxidation sites excluding steroid dienone is 4. The second-order valence-corrected chi connectivity index (χ2v) is 10.5. The zero-order chi connectivity index (χ0) is 19.1. The number of rotatable bonds is 3. The van der Waals surface area contributed by atoms with E-state index in [1.807, 2.05) is 0 Å². The van der Waals surface area contributed by atoms with Gasteiger partial charge in [0.2, 0.25) is 0 Å². The van der Waals surface area contributed by atoms with Crippen molar-refractivity contribution in [1.29, 1.82) is 0 Å². The third-order valence-corrected chi connectivity index (χ3v) is 8.24. The molecule has 4 heteroatoms. The molecule has 4 rings (SSSR count). The molecule has 0 heterocycles. The van der Waals surface area contributed by atoms with Crippen molar-refractivity contribution in [3.05, 3.63) is 95.6 Å². The minimum atomic E-state index is -0.0751. The molecule has 0 nitrogen and oxygen atoms in total. The minimum Gasteiger partial charge on any atom is -1.00 e. The van der Waals surface area contributed by atoms with Crippen LogP contribution in [0.2, 0.25) is 3.72 Å². The first-order chi connectivity index (χ1) is 12.9. The van der Waals surface area contributed by atoms with Gasteiger partial charge < -0.3 is 37.2 Å². The van der Waals surface area contributed by atoms with Crippen LogP contribution in [0.15, 0.2) is 84.5 Å². The van der Waals surface area contributed by atoms with E-state index in [9.17, 15) is 0 Å². The fourth-order valence-electron chi connectivity index (χ4n) is 5.92. The first-order valence-electron chi connectivity index (χ1n) is 10.1. The predicted molar refractivity (Wildman–Crippen MR) is 110 cm³/mol. The summed E-state index contributed by atoms with van der Waals surface area (Å²) in [5.41, 5.74) is 4.55. The average molecular weight is 496 g/mol. The zero-order valence-corrected chi connectivity index (χ0v) is 21.7. The molecule has 2 unspecified atom stereocenters. The fourth-order valence-corrected chi connectivity index (χ4v) is 7.63. The van der Waals surface area contributed by atoms with Crippen LogP contribution in [0.1, 0.15) is 51.2 Å². The van der Waals surface area contributed by atoms with Gasteiger partial charge in [-0.25, -0.2) is 0 Å². The van der Waals surface area contributed by atoms with Crippen LogP contribution in [0.5, 0.6) is 0 Å². The van der Waals surface area contributed by atoms with Crippen LogP contribution < -0.4 is 37.2 Å². The SMILES string of the molecule is CC(C)(C)C(c1ccccc1)(c1ccccc1)[C]1([Ti+3])CCC2CC=CC=C21.[Cl-].[Cl-].[Cl-]. The summed E-state index contributed by atoms with van der Waals surface area (Å²) in [5, 5.41) is 0. The average Bonchev–Trinajstić information content (AvgIpc) is 3.01. The van der Waals surface area contributed by atoms with Crippen LogP contribution in [-0.2, 0) is 25.9 Å². The maximum absolute atomic E-state index is 2.54. The summed E-state index contributed by atoms with van der Waals surface area (Å²) in [6.07, 6.45) is 10.8. The number of fused-ring (bicyclic) bond motifs is 1. The summed E-state index contributed by atoms with van der Waals surface area (Å²) >= 11 is 2.54. The van der Waals surface area contributed by atoms with E-state index in [0.717, 1.165) is 0 Å². The van der Waals surface area contributed by atoms with Gasteiger partial charge in [0.05, 0.1) is 0 Å². The van der Waals surface area contributed by atoms with Gasteiger partial charge in [0.1, 0.15) is 0 Å². The van der Waals surface area contributed by atoms with Crippen molar-refractivity contribution < 1.29 is 57.7 Å². The molecule has 2 aromatic carbocycles. The molecule has 0 aromatic heterocycles. The van der Waals surface area contributed by atoms with Crippen molar-refractivity contribution in [1.82, 2.24) is 0 Å². The Balaban J connectivity index is 0.00000150. The fraction of sp³-hybridized carbons (Fsp3) is 0.385. The van der Waals surface area contributed by atoms with E-state index >= 15 is 0 Å². The molecule has 0 saturated heterocycles. The van der Waals surface area contributed by atoms with Gasteiger partial charge in [0.25, 0.3) is 0 Å². The Hall–Kier alpha value is -0.496. The molecule has 1 fully saturated rings. The Bertz CT molecular complexity index is 829. The molecule has 30 heavy (non-hydrogen) atoms. The van der Waals surface area contributed by atoms with E-state index in [4.69, 9.17) is 0 Å². The summed E-state index contributed by atoms with van der Waals surface area (Å²) in [5.74, 6) is 0.703. The van der Waals surface area contributed by atoms with Crippen molar-refractivity contribution in [3.63, 3.8) is 0 Å². The molecule has 158 valence electrons. The summed E-state index contributed by atoms with van der Waals surface area (Å²) in [4.78, 5) is 0. The minimum absolute atomic E-state index is 0. The maximum Gasteiger partial charge on any atom is -1.00 e. The number of hydrogen-bond donors (Lipinski definition) is 0. The summed E-state index contributed by atoms with van der Waals surface area (Å²) in [7, 11) is 0.